The van der Waals surface area contributed by atoms with Crippen LogP contribution in [0.4, 0.5) is 9.93 Å². The highest BCUT2D eigenvalue weighted by molar-refractivity contribution is 7.20. The summed E-state index contributed by atoms with van der Waals surface area (Å²) in [5, 5.41) is 6.28. The molecule has 1 aliphatic heterocycles. The molecule has 0 aliphatic carbocycles. The maximum atomic E-state index is 11.7. The highest BCUT2D eigenvalue weighted by Gasteiger charge is 2.24. The first-order valence-electron chi connectivity index (χ1n) is 7.65. The molecule has 1 fully saturated rings. The molecule has 0 bridgehead atoms. The van der Waals surface area contributed by atoms with Crippen molar-refractivity contribution < 1.29 is 9.53 Å². The molecule has 2 aromatic heterocycles. The Bertz CT molecular complexity index is 711. The Kier molecular flexibility index (Phi) is 5.86. The first-order chi connectivity index (χ1) is 11.6. The lowest BCUT2D eigenvalue weighted by Crippen LogP contribution is -2.42. The number of hydrogen-bond acceptors (Lipinski definition) is 6. The van der Waals surface area contributed by atoms with Crippen molar-refractivity contribution in [3.8, 4) is 11.3 Å². The molecule has 1 saturated heterocycles. The van der Waals surface area contributed by atoms with Crippen LogP contribution in [-0.2, 0) is 4.74 Å². The Labute approximate surface area is 158 Å². The van der Waals surface area contributed by atoms with E-state index in [0.29, 0.717) is 34.4 Å². The van der Waals surface area contributed by atoms with Crippen LogP contribution in [0.25, 0.3) is 11.3 Å². The summed E-state index contributed by atoms with van der Waals surface area (Å²) >= 11 is 15.1. The average Bonchev–Trinajstić information content (AvgIpc) is 3.14. The van der Waals surface area contributed by atoms with Crippen LogP contribution in [0, 0.1) is 0 Å². The van der Waals surface area contributed by atoms with Gasteiger partial charge in [-0.15, -0.1) is 22.7 Å². The first kappa shape index (κ1) is 17.8. The number of likely N-dealkylation sites (tertiary alicyclic amines) is 1. The SMILES string of the molecule is CCOC(=O)N1CCC(Nc2nc(-c3cc(Cl)sc3Cl)cs2)CC1. The van der Waals surface area contributed by atoms with Gasteiger partial charge in [-0.1, -0.05) is 23.2 Å². The van der Waals surface area contributed by atoms with Crippen molar-refractivity contribution in [3.05, 3.63) is 20.1 Å². The maximum absolute atomic E-state index is 11.7. The summed E-state index contributed by atoms with van der Waals surface area (Å²) in [7, 11) is 0. The number of thiazole rings is 1. The van der Waals surface area contributed by atoms with Gasteiger partial charge in [0.15, 0.2) is 5.13 Å². The number of ether oxygens (including phenoxy) is 1. The van der Waals surface area contributed by atoms with Crippen molar-refractivity contribution in [1.29, 1.82) is 0 Å². The number of hydrogen-bond donors (Lipinski definition) is 1. The van der Waals surface area contributed by atoms with E-state index in [-0.39, 0.29) is 6.09 Å². The van der Waals surface area contributed by atoms with Crippen LogP contribution >= 0.6 is 45.9 Å². The molecule has 0 saturated carbocycles. The standard InChI is InChI=1S/C15H17Cl2N3O2S2/c1-2-22-15(21)20-5-3-9(4-6-20)18-14-19-11(8-23-14)10-7-12(16)24-13(10)17/h7-9H,2-6H2,1H3,(H,18,19). The molecule has 3 heterocycles. The third kappa shape index (κ3) is 4.14. The Morgan fingerprint density at radius 3 is 2.83 bits per heavy atom. The smallest absolute Gasteiger partial charge is 0.409 e. The number of nitrogens with one attached hydrogen (secondary N) is 1. The zero-order valence-electron chi connectivity index (χ0n) is 13.1. The summed E-state index contributed by atoms with van der Waals surface area (Å²) in [5.74, 6) is 0. The number of carbonyl (C=O) groups is 1. The van der Waals surface area contributed by atoms with Crippen molar-refractivity contribution in [2.75, 3.05) is 25.0 Å². The van der Waals surface area contributed by atoms with Crippen molar-refractivity contribution in [1.82, 2.24) is 9.88 Å². The van der Waals surface area contributed by atoms with E-state index in [9.17, 15) is 4.79 Å². The van der Waals surface area contributed by atoms with Crippen molar-refractivity contribution >= 4 is 57.1 Å². The lowest BCUT2D eigenvalue weighted by molar-refractivity contribution is 0.0983. The second kappa shape index (κ2) is 7.91. The molecular formula is C15H17Cl2N3O2S2. The summed E-state index contributed by atoms with van der Waals surface area (Å²) in [6.45, 7) is 3.62. The number of anilines is 1. The summed E-state index contributed by atoms with van der Waals surface area (Å²) in [6, 6.07) is 2.14. The number of thiophene rings is 1. The van der Waals surface area contributed by atoms with Gasteiger partial charge >= 0.3 is 6.09 Å². The number of piperidine rings is 1. The molecule has 3 rings (SSSR count). The molecule has 0 aromatic carbocycles. The number of rotatable bonds is 4. The minimum atomic E-state index is -0.225. The Morgan fingerprint density at radius 2 is 2.21 bits per heavy atom. The van der Waals surface area contributed by atoms with Crippen molar-refractivity contribution in [3.63, 3.8) is 0 Å². The zero-order chi connectivity index (χ0) is 17.1. The molecule has 1 amide bonds. The first-order valence-corrected chi connectivity index (χ1v) is 10.1. The Morgan fingerprint density at radius 1 is 1.46 bits per heavy atom. The van der Waals surface area contributed by atoms with Gasteiger partial charge in [0.05, 0.1) is 16.6 Å². The molecule has 1 N–H and O–H groups in total. The number of nitrogens with zero attached hydrogens (tertiary/aromatic N) is 2. The molecule has 0 unspecified atom stereocenters. The van der Waals surface area contributed by atoms with Crippen molar-refractivity contribution in [2.45, 2.75) is 25.8 Å². The molecular weight excluding hydrogens is 389 g/mol. The lowest BCUT2D eigenvalue weighted by Gasteiger charge is -2.31. The lowest BCUT2D eigenvalue weighted by atomic mass is 10.1. The Balaban J connectivity index is 1.56. The Hall–Kier alpha value is -1.02. The molecule has 0 atom stereocenters. The molecule has 9 heteroatoms. The average molecular weight is 406 g/mol. The van der Waals surface area contributed by atoms with E-state index in [1.54, 1.807) is 16.2 Å². The molecule has 2 aromatic rings. The van der Waals surface area contributed by atoms with E-state index in [4.69, 9.17) is 27.9 Å². The summed E-state index contributed by atoms with van der Waals surface area (Å²) in [6.07, 6.45) is 1.52. The largest absolute Gasteiger partial charge is 0.450 e. The van der Waals surface area contributed by atoms with Crippen LogP contribution in [0.1, 0.15) is 19.8 Å². The number of carbonyl (C=O) groups excluding carboxylic acids is 1. The second-order valence-corrected chi connectivity index (χ2v) is 8.52. The van der Waals surface area contributed by atoms with Crippen LogP contribution in [0.15, 0.2) is 11.4 Å². The second-order valence-electron chi connectivity index (χ2n) is 5.38. The van der Waals surface area contributed by atoms with Gasteiger partial charge in [-0.25, -0.2) is 9.78 Å². The fraction of sp³-hybridized carbons (Fsp3) is 0.467. The normalized spacial score (nSPS) is 15.5. The molecule has 130 valence electrons. The van der Waals surface area contributed by atoms with Gasteiger partial charge in [0.25, 0.3) is 0 Å². The monoisotopic (exact) mass is 405 g/mol. The minimum Gasteiger partial charge on any atom is -0.450 e. The van der Waals surface area contributed by atoms with E-state index < -0.39 is 0 Å². The highest BCUT2D eigenvalue weighted by atomic mass is 35.5. The van der Waals surface area contributed by atoms with Crippen LogP contribution in [0.2, 0.25) is 8.67 Å². The molecule has 5 nitrogen and oxygen atoms in total. The maximum Gasteiger partial charge on any atom is 0.409 e. The summed E-state index contributed by atoms with van der Waals surface area (Å²) < 4.78 is 6.34. The number of halogens is 2. The third-order valence-corrected chi connectivity index (χ3v) is 6.05. The van der Waals surface area contributed by atoms with Gasteiger partial charge in [-0.2, -0.15) is 0 Å². The van der Waals surface area contributed by atoms with Gasteiger partial charge in [0.1, 0.15) is 4.34 Å². The fourth-order valence-corrected chi connectivity index (χ4v) is 4.84. The van der Waals surface area contributed by atoms with Crippen molar-refractivity contribution in [2.24, 2.45) is 0 Å². The topological polar surface area (TPSA) is 54.5 Å². The molecule has 24 heavy (non-hydrogen) atoms. The minimum absolute atomic E-state index is 0.225. The van der Waals surface area contributed by atoms with Gasteiger partial charge in [-0.05, 0) is 25.8 Å². The van der Waals surface area contributed by atoms with E-state index in [1.807, 2.05) is 18.4 Å². The van der Waals surface area contributed by atoms with E-state index in [0.717, 1.165) is 29.2 Å². The summed E-state index contributed by atoms with van der Waals surface area (Å²) in [5.41, 5.74) is 1.70. The van der Waals surface area contributed by atoms with Crippen LogP contribution < -0.4 is 5.32 Å². The van der Waals surface area contributed by atoms with Gasteiger partial charge < -0.3 is 15.0 Å². The van der Waals surface area contributed by atoms with E-state index in [2.05, 4.69) is 10.3 Å². The zero-order valence-corrected chi connectivity index (χ0v) is 16.2. The van der Waals surface area contributed by atoms with Crippen LogP contribution in [0.3, 0.4) is 0 Å². The number of aromatic nitrogens is 1. The van der Waals surface area contributed by atoms with E-state index >= 15 is 0 Å². The summed E-state index contributed by atoms with van der Waals surface area (Å²) in [4.78, 5) is 18.1. The molecule has 0 radical (unpaired) electrons. The molecule has 0 spiro atoms. The van der Waals surface area contributed by atoms with Gasteiger partial charge in [0, 0.05) is 30.1 Å². The number of amides is 1. The molecule has 1 aliphatic rings. The predicted octanol–water partition coefficient (Wildman–Crippen LogP) is 5.21. The van der Waals surface area contributed by atoms with E-state index in [1.165, 1.54) is 11.3 Å². The van der Waals surface area contributed by atoms with Gasteiger partial charge in [0.2, 0.25) is 0 Å². The fourth-order valence-electron chi connectivity index (χ4n) is 2.57. The van der Waals surface area contributed by atoms with Crippen LogP contribution in [-0.4, -0.2) is 41.7 Å². The van der Waals surface area contributed by atoms with Gasteiger partial charge in [-0.3, -0.25) is 0 Å². The quantitative estimate of drug-likeness (QED) is 0.757. The third-order valence-electron chi connectivity index (χ3n) is 3.79. The van der Waals surface area contributed by atoms with Crippen LogP contribution in [0.5, 0.6) is 0 Å². The highest BCUT2D eigenvalue weighted by Crippen LogP contribution is 2.39. The predicted molar refractivity (Wildman–Crippen MR) is 101 cm³/mol.